The molecule has 0 bridgehead atoms. The largest absolute Gasteiger partial charge is 0.342 e. The molecule has 0 saturated heterocycles. The number of imidazole rings is 1. The van der Waals surface area contributed by atoms with Crippen LogP contribution < -0.4 is 4.31 Å². The lowest BCUT2D eigenvalue weighted by molar-refractivity contribution is 0.101. The first-order valence-electron chi connectivity index (χ1n) is 7.35. The molecule has 0 aliphatic heterocycles. The Balaban J connectivity index is 2.04. The van der Waals surface area contributed by atoms with Crippen molar-refractivity contribution < 1.29 is 13.2 Å². The van der Waals surface area contributed by atoms with Crippen LogP contribution in [0, 0.1) is 6.92 Å². The fraction of sp³-hybridized carbons (Fsp3) is 0.176. The summed E-state index contributed by atoms with van der Waals surface area (Å²) in [5, 5.41) is 0. The Kier molecular flexibility index (Phi) is 3.88. The summed E-state index contributed by atoms with van der Waals surface area (Å²) in [5.41, 5.74) is 2.42. The van der Waals surface area contributed by atoms with Crippen LogP contribution in [0.3, 0.4) is 0 Å². The average Bonchev–Trinajstić information content (AvgIpc) is 2.93. The molecule has 1 heterocycles. The maximum absolute atomic E-state index is 12.8. The summed E-state index contributed by atoms with van der Waals surface area (Å²) in [5.74, 6) is 0.589. The number of carbonyl (C=O) groups excluding carboxylic acids is 1. The van der Waals surface area contributed by atoms with E-state index in [1.54, 1.807) is 30.3 Å². The van der Waals surface area contributed by atoms with E-state index in [-0.39, 0.29) is 10.7 Å². The average molecular weight is 343 g/mol. The number of anilines is 1. The molecule has 0 radical (unpaired) electrons. The number of carbonyl (C=O) groups is 1. The van der Waals surface area contributed by atoms with Crippen molar-refractivity contribution in [3.63, 3.8) is 0 Å². The summed E-state index contributed by atoms with van der Waals surface area (Å²) in [4.78, 5) is 19.0. The molecule has 0 amide bonds. The molecule has 0 unspecified atom stereocenters. The highest BCUT2D eigenvalue weighted by Crippen LogP contribution is 2.25. The molecule has 3 rings (SSSR count). The lowest BCUT2D eigenvalue weighted by Gasteiger charge is -2.19. The van der Waals surface area contributed by atoms with Crippen LogP contribution in [0.25, 0.3) is 11.0 Å². The number of aryl methyl sites for hydroxylation is 1. The van der Waals surface area contributed by atoms with E-state index in [2.05, 4.69) is 9.97 Å². The maximum Gasteiger partial charge on any atom is 0.264 e. The summed E-state index contributed by atoms with van der Waals surface area (Å²) in [6, 6.07) is 11.3. The van der Waals surface area contributed by atoms with Crippen molar-refractivity contribution in [3.05, 3.63) is 53.9 Å². The first-order chi connectivity index (χ1) is 11.3. The van der Waals surface area contributed by atoms with Gasteiger partial charge in [0.2, 0.25) is 0 Å². The van der Waals surface area contributed by atoms with Gasteiger partial charge in [-0.05, 0) is 44.2 Å². The lowest BCUT2D eigenvalue weighted by atomic mass is 10.2. The first kappa shape index (κ1) is 16.2. The van der Waals surface area contributed by atoms with Gasteiger partial charge in [-0.2, -0.15) is 0 Å². The van der Waals surface area contributed by atoms with Crippen molar-refractivity contribution in [2.45, 2.75) is 18.7 Å². The number of ketones is 1. The molecular formula is C17H17N3O3S. The van der Waals surface area contributed by atoms with E-state index in [4.69, 9.17) is 0 Å². The fourth-order valence-corrected chi connectivity index (χ4v) is 3.73. The Hall–Kier alpha value is -2.67. The van der Waals surface area contributed by atoms with Crippen LogP contribution in [-0.2, 0) is 10.0 Å². The molecule has 0 aliphatic rings. The van der Waals surface area contributed by atoms with Gasteiger partial charge in [0, 0.05) is 12.6 Å². The van der Waals surface area contributed by atoms with Gasteiger partial charge in [-0.25, -0.2) is 13.4 Å². The van der Waals surface area contributed by atoms with Crippen LogP contribution >= 0.6 is 0 Å². The standard InChI is InChI=1S/C17H17N3O3S/c1-11(21)13-5-4-6-15(9-13)24(22,23)20(3)14-7-8-16-17(10-14)19-12(2)18-16/h4-10H,1-3H3,(H,18,19). The predicted octanol–water partition coefficient (Wildman–Crippen LogP) is 2.90. The van der Waals surface area contributed by atoms with E-state index >= 15 is 0 Å². The molecular weight excluding hydrogens is 326 g/mol. The number of aromatic nitrogens is 2. The van der Waals surface area contributed by atoms with E-state index in [0.29, 0.717) is 11.3 Å². The SMILES string of the molecule is CC(=O)c1cccc(S(=O)(=O)N(C)c2ccc3nc(C)[nH]c3c2)c1. The quantitative estimate of drug-likeness (QED) is 0.738. The zero-order valence-electron chi connectivity index (χ0n) is 13.6. The molecule has 3 aromatic rings. The van der Waals surface area contributed by atoms with Gasteiger partial charge in [-0.3, -0.25) is 9.10 Å². The van der Waals surface area contributed by atoms with Crippen LogP contribution in [0.5, 0.6) is 0 Å². The van der Waals surface area contributed by atoms with Gasteiger partial charge in [-0.15, -0.1) is 0 Å². The van der Waals surface area contributed by atoms with Gasteiger partial charge in [0.1, 0.15) is 5.82 Å². The summed E-state index contributed by atoms with van der Waals surface area (Å²) in [6.45, 7) is 3.25. The lowest BCUT2D eigenvalue weighted by Crippen LogP contribution is -2.26. The van der Waals surface area contributed by atoms with Crippen LogP contribution in [0.2, 0.25) is 0 Å². The van der Waals surface area contributed by atoms with E-state index in [9.17, 15) is 13.2 Å². The second-order valence-corrected chi connectivity index (χ2v) is 7.55. The third-order valence-electron chi connectivity index (χ3n) is 3.85. The number of H-pyrrole nitrogens is 1. The van der Waals surface area contributed by atoms with E-state index in [1.165, 1.54) is 30.4 Å². The van der Waals surface area contributed by atoms with E-state index in [0.717, 1.165) is 16.9 Å². The predicted molar refractivity (Wildman–Crippen MR) is 92.9 cm³/mol. The van der Waals surface area contributed by atoms with Gasteiger partial charge in [-0.1, -0.05) is 12.1 Å². The molecule has 1 aromatic heterocycles. The van der Waals surface area contributed by atoms with Crippen molar-refractivity contribution in [3.8, 4) is 0 Å². The number of nitrogens with one attached hydrogen (secondary N) is 1. The summed E-state index contributed by atoms with van der Waals surface area (Å²) in [6.07, 6.45) is 0. The summed E-state index contributed by atoms with van der Waals surface area (Å²) < 4.78 is 26.9. The zero-order valence-corrected chi connectivity index (χ0v) is 14.4. The van der Waals surface area contributed by atoms with Crippen LogP contribution in [-0.4, -0.2) is 31.2 Å². The van der Waals surface area contributed by atoms with Crippen molar-refractivity contribution >= 4 is 32.5 Å². The third kappa shape index (κ3) is 2.78. The van der Waals surface area contributed by atoms with Gasteiger partial charge < -0.3 is 4.98 Å². The Morgan fingerprint density at radius 2 is 1.92 bits per heavy atom. The second-order valence-electron chi connectivity index (χ2n) is 5.58. The smallest absolute Gasteiger partial charge is 0.264 e. The highest BCUT2D eigenvalue weighted by Gasteiger charge is 2.22. The molecule has 0 aliphatic carbocycles. The minimum atomic E-state index is -3.76. The number of sulfonamides is 1. The number of hydrogen-bond donors (Lipinski definition) is 1. The molecule has 7 heteroatoms. The Morgan fingerprint density at radius 3 is 2.62 bits per heavy atom. The van der Waals surface area contributed by atoms with Gasteiger partial charge in [0.05, 0.1) is 21.6 Å². The molecule has 0 atom stereocenters. The van der Waals surface area contributed by atoms with Crippen molar-refractivity contribution in [1.29, 1.82) is 0 Å². The van der Waals surface area contributed by atoms with Gasteiger partial charge in [0.15, 0.2) is 5.78 Å². The van der Waals surface area contributed by atoms with E-state index < -0.39 is 10.0 Å². The van der Waals surface area contributed by atoms with Gasteiger partial charge in [0.25, 0.3) is 10.0 Å². The number of nitrogens with zero attached hydrogens (tertiary/aromatic N) is 2. The molecule has 124 valence electrons. The van der Waals surface area contributed by atoms with Gasteiger partial charge >= 0.3 is 0 Å². The van der Waals surface area contributed by atoms with Crippen LogP contribution in [0.15, 0.2) is 47.4 Å². The van der Waals surface area contributed by atoms with Crippen molar-refractivity contribution in [2.75, 3.05) is 11.4 Å². The number of hydrogen-bond acceptors (Lipinski definition) is 4. The molecule has 0 spiro atoms. The molecule has 1 N–H and O–H groups in total. The number of aromatic amines is 1. The highest BCUT2D eigenvalue weighted by molar-refractivity contribution is 7.92. The topological polar surface area (TPSA) is 83.1 Å². The Bertz CT molecular complexity index is 1040. The number of Topliss-reactive ketones (excluding diaryl/α,β-unsaturated/α-hetero) is 1. The number of fused-ring (bicyclic) bond motifs is 1. The zero-order chi connectivity index (χ0) is 17.5. The molecule has 0 fully saturated rings. The summed E-state index contributed by atoms with van der Waals surface area (Å²) in [7, 11) is -2.28. The number of rotatable bonds is 4. The first-order valence-corrected chi connectivity index (χ1v) is 8.79. The molecule has 2 aromatic carbocycles. The second kappa shape index (κ2) is 5.76. The number of benzene rings is 2. The third-order valence-corrected chi connectivity index (χ3v) is 5.63. The molecule has 6 nitrogen and oxygen atoms in total. The summed E-state index contributed by atoms with van der Waals surface area (Å²) >= 11 is 0. The monoisotopic (exact) mass is 343 g/mol. The van der Waals surface area contributed by atoms with Crippen molar-refractivity contribution in [2.24, 2.45) is 0 Å². The Labute approximate surface area is 140 Å². The minimum Gasteiger partial charge on any atom is -0.342 e. The van der Waals surface area contributed by atoms with Crippen LogP contribution in [0.4, 0.5) is 5.69 Å². The van der Waals surface area contributed by atoms with Crippen LogP contribution in [0.1, 0.15) is 23.1 Å². The molecule has 24 heavy (non-hydrogen) atoms. The normalized spacial score (nSPS) is 11.6. The molecule has 0 saturated carbocycles. The van der Waals surface area contributed by atoms with E-state index in [1.807, 2.05) is 6.92 Å². The maximum atomic E-state index is 12.8. The minimum absolute atomic E-state index is 0.0820. The van der Waals surface area contributed by atoms with Crippen molar-refractivity contribution in [1.82, 2.24) is 9.97 Å². The Morgan fingerprint density at radius 1 is 1.17 bits per heavy atom. The fourth-order valence-electron chi connectivity index (χ4n) is 2.49. The highest BCUT2D eigenvalue weighted by atomic mass is 32.2.